The van der Waals surface area contributed by atoms with Crippen LogP contribution < -0.4 is 5.32 Å². The average molecular weight is 440 g/mol. The highest BCUT2D eigenvalue weighted by molar-refractivity contribution is 9.10. The zero-order valence-corrected chi connectivity index (χ0v) is 16.5. The number of aromatic nitrogens is 1. The largest absolute Gasteiger partial charge is 0.312 e. The van der Waals surface area contributed by atoms with Crippen LogP contribution in [-0.4, -0.2) is 17.1 Å². The van der Waals surface area contributed by atoms with Gasteiger partial charge in [-0.2, -0.15) is 0 Å². The lowest BCUT2D eigenvalue weighted by Crippen LogP contribution is -2.12. The molecule has 0 unspecified atom stereocenters. The first kappa shape index (κ1) is 17.5. The fourth-order valence-electron chi connectivity index (χ4n) is 2.11. The molecule has 0 atom stereocenters. The molecule has 1 amide bonds. The summed E-state index contributed by atoms with van der Waals surface area (Å²) in [6.07, 6.45) is 1.96. The molecule has 0 aliphatic rings. The molecule has 7 heteroatoms. The van der Waals surface area contributed by atoms with E-state index in [0.717, 1.165) is 20.1 Å². The third-order valence-corrected chi connectivity index (χ3v) is 6.01. The fraction of sp³-hybridized carbons (Fsp3) is 0.0588. The molecule has 0 radical (unpaired) electrons. The fourth-order valence-corrected chi connectivity index (χ4v) is 4.15. The molecule has 2 aromatic carbocycles. The van der Waals surface area contributed by atoms with Crippen molar-refractivity contribution in [2.24, 2.45) is 0 Å². The van der Waals surface area contributed by atoms with E-state index in [1.54, 1.807) is 30.0 Å². The predicted molar refractivity (Wildman–Crippen MR) is 106 cm³/mol. The zero-order valence-electron chi connectivity index (χ0n) is 12.5. The maximum absolute atomic E-state index is 12.6. The third kappa shape index (κ3) is 3.83. The van der Waals surface area contributed by atoms with Crippen LogP contribution in [0.1, 0.15) is 10.4 Å². The second kappa shape index (κ2) is 7.70. The summed E-state index contributed by atoms with van der Waals surface area (Å²) in [5.41, 5.74) is 2.15. The maximum atomic E-state index is 12.6. The molecule has 3 nitrogen and oxygen atoms in total. The molecule has 1 N–H and O–H groups in total. The van der Waals surface area contributed by atoms with Crippen LogP contribution in [0.5, 0.6) is 0 Å². The van der Waals surface area contributed by atoms with Gasteiger partial charge in [0.05, 0.1) is 10.6 Å². The van der Waals surface area contributed by atoms with E-state index in [-0.39, 0.29) is 5.91 Å². The van der Waals surface area contributed by atoms with Gasteiger partial charge in [0.25, 0.3) is 5.91 Å². The Morgan fingerprint density at radius 1 is 1.25 bits per heavy atom. The number of halogens is 2. The molecule has 0 spiro atoms. The Hall–Kier alpha value is -1.34. The lowest BCUT2D eigenvalue weighted by molar-refractivity contribution is 0.102. The van der Waals surface area contributed by atoms with Crippen LogP contribution in [0.15, 0.2) is 57.3 Å². The van der Waals surface area contributed by atoms with Gasteiger partial charge in [0.15, 0.2) is 4.34 Å². The maximum Gasteiger partial charge on any atom is 0.257 e. The van der Waals surface area contributed by atoms with Gasteiger partial charge in [0, 0.05) is 10.0 Å². The van der Waals surface area contributed by atoms with Gasteiger partial charge in [-0.1, -0.05) is 81.0 Å². The van der Waals surface area contributed by atoms with Gasteiger partial charge in [-0.25, -0.2) is 4.98 Å². The number of nitrogens with zero attached hydrogens (tertiary/aromatic N) is 1. The van der Waals surface area contributed by atoms with Crippen molar-refractivity contribution in [2.45, 2.75) is 4.34 Å². The minimum atomic E-state index is -0.255. The van der Waals surface area contributed by atoms with Crippen molar-refractivity contribution in [3.63, 3.8) is 0 Å². The number of hydrogen-bond donors (Lipinski definition) is 1. The Kier molecular flexibility index (Phi) is 5.61. The summed E-state index contributed by atoms with van der Waals surface area (Å²) in [5.74, 6) is -0.255. The smallest absolute Gasteiger partial charge is 0.257 e. The van der Waals surface area contributed by atoms with Gasteiger partial charge in [-0.15, -0.1) is 0 Å². The topological polar surface area (TPSA) is 42.0 Å². The minimum absolute atomic E-state index is 0.255. The second-order valence-corrected chi connectivity index (χ2v) is 8.18. The van der Waals surface area contributed by atoms with E-state index in [0.29, 0.717) is 15.6 Å². The van der Waals surface area contributed by atoms with Crippen molar-refractivity contribution in [1.29, 1.82) is 0 Å². The highest BCUT2D eigenvalue weighted by Crippen LogP contribution is 2.37. The molecule has 24 heavy (non-hydrogen) atoms. The number of thiazole rings is 1. The van der Waals surface area contributed by atoms with Gasteiger partial charge >= 0.3 is 0 Å². The van der Waals surface area contributed by atoms with Crippen LogP contribution in [-0.2, 0) is 0 Å². The highest BCUT2D eigenvalue weighted by atomic mass is 79.9. The van der Waals surface area contributed by atoms with Crippen LogP contribution in [0.4, 0.5) is 5.00 Å². The van der Waals surface area contributed by atoms with E-state index in [9.17, 15) is 4.79 Å². The summed E-state index contributed by atoms with van der Waals surface area (Å²) in [7, 11) is 0. The number of carbonyl (C=O) groups excluding carboxylic acids is 1. The molecule has 1 aromatic heterocycles. The molecule has 0 bridgehead atoms. The molecule has 0 aliphatic heterocycles. The van der Waals surface area contributed by atoms with Gasteiger partial charge in [-0.05, 0) is 24.5 Å². The molecule has 0 fully saturated rings. The Bertz CT molecular complexity index is 884. The Morgan fingerprint density at radius 3 is 2.71 bits per heavy atom. The number of carbonyl (C=O) groups is 1. The highest BCUT2D eigenvalue weighted by Gasteiger charge is 2.17. The number of amides is 1. The molecule has 1 heterocycles. The van der Waals surface area contributed by atoms with Crippen LogP contribution in [0.25, 0.3) is 11.3 Å². The number of benzene rings is 2. The molecule has 0 saturated heterocycles. The van der Waals surface area contributed by atoms with Crippen molar-refractivity contribution < 1.29 is 4.79 Å². The molecule has 3 aromatic rings. The van der Waals surface area contributed by atoms with Crippen molar-refractivity contribution in [2.75, 3.05) is 11.6 Å². The first-order valence-corrected chi connectivity index (χ1v) is 10.2. The Morgan fingerprint density at radius 2 is 2.00 bits per heavy atom. The van der Waals surface area contributed by atoms with Gasteiger partial charge in [0.1, 0.15) is 10.7 Å². The molecule has 0 aliphatic carbocycles. The van der Waals surface area contributed by atoms with E-state index in [1.807, 2.05) is 36.6 Å². The summed E-state index contributed by atoms with van der Waals surface area (Å²) in [6, 6.07) is 15.0. The predicted octanol–water partition coefficient (Wildman–Crippen LogP) is 6.20. The van der Waals surface area contributed by atoms with E-state index >= 15 is 0 Å². The summed E-state index contributed by atoms with van der Waals surface area (Å²) in [5, 5.41) is 4.07. The minimum Gasteiger partial charge on any atom is -0.312 e. The summed E-state index contributed by atoms with van der Waals surface area (Å²) in [6.45, 7) is 0. The van der Waals surface area contributed by atoms with Crippen LogP contribution >= 0.6 is 50.6 Å². The first-order valence-electron chi connectivity index (χ1n) is 6.95. The van der Waals surface area contributed by atoms with Crippen LogP contribution in [0.2, 0.25) is 5.02 Å². The molecule has 0 saturated carbocycles. The summed E-state index contributed by atoms with van der Waals surface area (Å²) >= 11 is 12.5. The number of anilines is 1. The second-order valence-electron chi connectivity index (χ2n) is 4.81. The van der Waals surface area contributed by atoms with E-state index in [2.05, 4.69) is 26.2 Å². The zero-order chi connectivity index (χ0) is 17.1. The van der Waals surface area contributed by atoms with E-state index in [1.165, 1.54) is 11.3 Å². The average Bonchev–Trinajstić information content (AvgIpc) is 3.00. The van der Waals surface area contributed by atoms with Crippen molar-refractivity contribution in [3.8, 4) is 11.3 Å². The monoisotopic (exact) mass is 438 g/mol. The number of nitrogens with one attached hydrogen (secondary N) is 1. The van der Waals surface area contributed by atoms with Gasteiger partial charge in [0.2, 0.25) is 0 Å². The Balaban J connectivity index is 1.96. The first-order chi connectivity index (χ1) is 11.6. The lowest BCUT2D eigenvalue weighted by atomic mass is 10.1. The van der Waals surface area contributed by atoms with Gasteiger partial charge in [-0.3, -0.25) is 4.79 Å². The standard InChI is InChI=1S/C17H12BrClN2OS2/c1-23-17-20-14(10-5-3-2-4-6-10)16(24-17)21-15(22)12-9-11(18)7-8-13(12)19/h2-9H,1H3,(H,21,22). The normalized spacial score (nSPS) is 10.6. The molecule has 3 rings (SSSR count). The molecular weight excluding hydrogens is 428 g/mol. The number of hydrogen-bond acceptors (Lipinski definition) is 4. The SMILES string of the molecule is CSc1nc(-c2ccccc2)c(NC(=O)c2cc(Br)ccc2Cl)s1. The summed E-state index contributed by atoms with van der Waals surface area (Å²) < 4.78 is 1.69. The number of rotatable bonds is 4. The van der Waals surface area contributed by atoms with Crippen LogP contribution in [0.3, 0.4) is 0 Å². The third-order valence-electron chi connectivity index (χ3n) is 3.23. The van der Waals surface area contributed by atoms with Crippen molar-refractivity contribution in [3.05, 3.63) is 63.6 Å². The van der Waals surface area contributed by atoms with E-state index < -0.39 is 0 Å². The van der Waals surface area contributed by atoms with E-state index in [4.69, 9.17) is 11.6 Å². The lowest BCUT2D eigenvalue weighted by Gasteiger charge is -2.07. The van der Waals surface area contributed by atoms with Gasteiger partial charge < -0.3 is 5.32 Å². The number of thioether (sulfide) groups is 1. The molecular formula is C17H12BrClN2OS2. The van der Waals surface area contributed by atoms with Crippen LogP contribution in [0, 0.1) is 0 Å². The molecule has 122 valence electrons. The van der Waals surface area contributed by atoms with Crippen molar-refractivity contribution in [1.82, 2.24) is 4.98 Å². The summed E-state index contributed by atoms with van der Waals surface area (Å²) in [4.78, 5) is 17.2. The Labute approximate surface area is 161 Å². The van der Waals surface area contributed by atoms with Crippen molar-refractivity contribution >= 4 is 61.5 Å². The quantitative estimate of drug-likeness (QED) is 0.492.